The maximum Gasteiger partial charge on any atom is 0.227 e. The predicted molar refractivity (Wildman–Crippen MR) is 85.6 cm³/mol. The standard InChI is InChI=1S/C17H21ClN2O2/c1-20(17(22)9-11-4-2-3-5-15(11)18)14-6-12-8-16(21)19-10-13(12)7-14/h2-5,12-14H,6-10H2,1H3,(H,19,21)/t12-,13+,14-/m1/s1. The SMILES string of the molecule is CN(C(=O)Cc1ccccc1Cl)[C@H]1C[C@H]2CNC(=O)C[C@H]2C1. The van der Waals surface area contributed by atoms with Gasteiger partial charge in [0.25, 0.3) is 0 Å². The summed E-state index contributed by atoms with van der Waals surface area (Å²) >= 11 is 6.13. The molecular weight excluding hydrogens is 300 g/mol. The number of carbonyl (C=O) groups is 2. The van der Waals surface area contributed by atoms with Gasteiger partial charge in [-0.3, -0.25) is 9.59 Å². The fraction of sp³-hybridized carbons (Fsp3) is 0.529. The summed E-state index contributed by atoms with van der Waals surface area (Å²) in [5.74, 6) is 1.18. The van der Waals surface area contributed by atoms with Crippen LogP contribution in [0.15, 0.2) is 24.3 Å². The van der Waals surface area contributed by atoms with Crippen molar-refractivity contribution in [1.29, 1.82) is 0 Å². The zero-order valence-electron chi connectivity index (χ0n) is 12.7. The minimum Gasteiger partial charge on any atom is -0.356 e. The number of nitrogens with one attached hydrogen (secondary N) is 1. The molecule has 1 aromatic rings. The summed E-state index contributed by atoms with van der Waals surface area (Å²) < 4.78 is 0. The van der Waals surface area contributed by atoms with E-state index in [4.69, 9.17) is 11.6 Å². The number of piperidine rings is 1. The average molecular weight is 321 g/mol. The summed E-state index contributed by atoms with van der Waals surface area (Å²) in [4.78, 5) is 25.8. The van der Waals surface area contributed by atoms with Crippen LogP contribution in [0.3, 0.4) is 0 Å². The molecule has 22 heavy (non-hydrogen) atoms. The molecule has 3 atom stereocenters. The van der Waals surface area contributed by atoms with Gasteiger partial charge in [0, 0.05) is 31.1 Å². The number of hydrogen-bond acceptors (Lipinski definition) is 2. The fourth-order valence-corrected chi connectivity index (χ4v) is 3.89. The van der Waals surface area contributed by atoms with E-state index in [1.807, 2.05) is 36.2 Å². The first-order chi connectivity index (χ1) is 10.5. The highest BCUT2D eigenvalue weighted by atomic mass is 35.5. The second-order valence-electron chi connectivity index (χ2n) is 6.43. The summed E-state index contributed by atoms with van der Waals surface area (Å²) in [6, 6.07) is 7.70. The molecule has 1 aliphatic carbocycles. The van der Waals surface area contributed by atoms with Gasteiger partial charge in [-0.05, 0) is 36.3 Å². The van der Waals surface area contributed by atoms with Crippen LogP contribution in [0.25, 0.3) is 0 Å². The Hall–Kier alpha value is -1.55. The number of likely N-dealkylation sites (N-methyl/N-ethyl adjacent to an activating group) is 1. The van der Waals surface area contributed by atoms with Gasteiger partial charge in [0.05, 0.1) is 6.42 Å². The quantitative estimate of drug-likeness (QED) is 0.928. The van der Waals surface area contributed by atoms with E-state index in [0.717, 1.165) is 24.9 Å². The Labute approximate surface area is 135 Å². The number of hydrogen-bond donors (Lipinski definition) is 1. The van der Waals surface area contributed by atoms with Gasteiger partial charge in [-0.25, -0.2) is 0 Å². The van der Waals surface area contributed by atoms with Crippen LogP contribution in [0.2, 0.25) is 5.02 Å². The predicted octanol–water partition coefficient (Wildman–Crippen LogP) is 2.26. The van der Waals surface area contributed by atoms with Crippen molar-refractivity contribution >= 4 is 23.4 Å². The number of carbonyl (C=O) groups excluding carboxylic acids is 2. The number of nitrogens with zero attached hydrogens (tertiary/aromatic N) is 1. The zero-order valence-corrected chi connectivity index (χ0v) is 13.5. The number of amides is 2. The molecule has 1 saturated heterocycles. The molecule has 0 spiro atoms. The van der Waals surface area contributed by atoms with Crippen LogP contribution in [0.1, 0.15) is 24.8 Å². The minimum absolute atomic E-state index is 0.0935. The molecule has 1 heterocycles. The number of rotatable bonds is 3. The van der Waals surface area contributed by atoms with Crippen LogP contribution in [0, 0.1) is 11.8 Å². The van der Waals surface area contributed by atoms with Gasteiger partial charge < -0.3 is 10.2 Å². The first-order valence-electron chi connectivity index (χ1n) is 7.80. The molecule has 2 amide bonds. The van der Waals surface area contributed by atoms with Crippen molar-refractivity contribution in [2.45, 2.75) is 31.7 Å². The van der Waals surface area contributed by atoms with Crippen molar-refractivity contribution in [3.63, 3.8) is 0 Å². The summed E-state index contributed by atoms with van der Waals surface area (Å²) in [6.07, 6.45) is 2.85. The van der Waals surface area contributed by atoms with Gasteiger partial charge in [-0.15, -0.1) is 0 Å². The van der Waals surface area contributed by atoms with Crippen molar-refractivity contribution in [2.24, 2.45) is 11.8 Å². The molecule has 0 aromatic heterocycles. The Bertz CT molecular complexity index is 590. The molecule has 1 saturated carbocycles. The molecule has 118 valence electrons. The Morgan fingerprint density at radius 3 is 2.82 bits per heavy atom. The molecule has 0 radical (unpaired) electrons. The molecule has 0 bridgehead atoms. The van der Waals surface area contributed by atoms with Crippen molar-refractivity contribution in [3.8, 4) is 0 Å². The maximum absolute atomic E-state index is 12.5. The second-order valence-corrected chi connectivity index (χ2v) is 6.83. The van der Waals surface area contributed by atoms with Crippen molar-refractivity contribution in [1.82, 2.24) is 10.2 Å². The van der Waals surface area contributed by atoms with Crippen LogP contribution >= 0.6 is 11.6 Å². The van der Waals surface area contributed by atoms with Gasteiger partial charge in [0.15, 0.2) is 0 Å². The lowest BCUT2D eigenvalue weighted by molar-refractivity contribution is -0.131. The fourth-order valence-electron chi connectivity index (χ4n) is 3.68. The van der Waals surface area contributed by atoms with Crippen molar-refractivity contribution < 1.29 is 9.59 Å². The topological polar surface area (TPSA) is 49.4 Å². The molecule has 2 aliphatic rings. The maximum atomic E-state index is 12.5. The molecule has 1 aromatic carbocycles. The van der Waals surface area contributed by atoms with E-state index < -0.39 is 0 Å². The third-order valence-electron chi connectivity index (χ3n) is 5.07. The van der Waals surface area contributed by atoms with Gasteiger partial charge in [-0.1, -0.05) is 29.8 Å². The number of fused-ring (bicyclic) bond motifs is 1. The van der Waals surface area contributed by atoms with Crippen LogP contribution < -0.4 is 5.32 Å². The first-order valence-corrected chi connectivity index (χ1v) is 8.18. The van der Waals surface area contributed by atoms with Gasteiger partial charge in [0.1, 0.15) is 0 Å². The lowest BCUT2D eigenvalue weighted by Gasteiger charge is -2.25. The number of halogens is 1. The third-order valence-corrected chi connectivity index (χ3v) is 5.43. The molecule has 1 N–H and O–H groups in total. The normalized spacial score (nSPS) is 27.2. The minimum atomic E-state index is 0.0935. The molecule has 3 rings (SSSR count). The van der Waals surface area contributed by atoms with Crippen LogP contribution in [0.4, 0.5) is 0 Å². The van der Waals surface area contributed by atoms with Crippen LogP contribution in [-0.2, 0) is 16.0 Å². The Morgan fingerprint density at radius 2 is 2.05 bits per heavy atom. The summed E-state index contributed by atoms with van der Waals surface area (Å²) in [6.45, 7) is 0.756. The van der Waals surface area contributed by atoms with Gasteiger partial charge in [0.2, 0.25) is 11.8 Å². The smallest absolute Gasteiger partial charge is 0.227 e. The van der Waals surface area contributed by atoms with E-state index in [9.17, 15) is 9.59 Å². The summed E-state index contributed by atoms with van der Waals surface area (Å²) in [5, 5.41) is 3.57. The Kier molecular flexibility index (Phi) is 4.39. The highest BCUT2D eigenvalue weighted by Crippen LogP contribution is 2.38. The molecular formula is C17H21ClN2O2. The largest absolute Gasteiger partial charge is 0.356 e. The van der Waals surface area contributed by atoms with E-state index >= 15 is 0 Å². The van der Waals surface area contributed by atoms with E-state index in [0.29, 0.717) is 29.7 Å². The van der Waals surface area contributed by atoms with E-state index in [2.05, 4.69) is 5.32 Å². The molecule has 1 aliphatic heterocycles. The number of benzene rings is 1. The van der Waals surface area contributed by atoms with Crippen LogP contribution in [-0.4, -0.2) is 36.3 Å². The van der Waals surface area contributed by atoms with Crippen molar-refractivity contribution in [3.05, 3.63) is 34.9 Å². The van der Waals surface area contributed by atoms with E-state index in [1.54, 1.807) is 0 Å². The van der Waals surface area contributed by atoms with Gasteiger partial charge >= 0.3 is 0 Å². The van der Waals surface area contributed by atoms with Crippen molar-refractivity contribution in [2.75, 3.05) is 13.6 Å². The summed E-state index contributed by atoms with van der Waals surface area (Å²) in [7, 11) is 1.87. The molecule has 5 heteroatoms. The molecule has 0 unspecified atom stereocenters. The van der Waals surface area contributed by atoms with Crippen LogP contribution in [0.5, 0.6) is 0 Å². The summed E-state index contributed by atoms with van der Waals surface area (Å²) in [5.41, 5.74) is 0.869. The first kappa shape index (κ1) is 15.3. The molecule has 4 nitrogen and oxygen atoms in total. The molecule has 2 fully saturated rings. The van der Waals surface area contributed by atoms with E-state index in [1.165, 1.54) is 0 Å². The highest BCUT2D eigenvalue weighted by molar-refractivity contribution is 6.31. The second kappa shape index (κ2) is 6.29. The lowest BCUT2D eigenvalue weighted by Crippen LogP contribution is -2.38. The Morgan fingerprint density at radius 1 is 1.32 bits per heavy atom. The third kappa shape index (κ3) is 3.12. The monoisotopic (exact) mass is 320 g/mol. The average Bonchev–Trinajstić information content (AvgIpc) is 2.91. The zero-order chi connectivity index (χ0) is 15.7. The highest BCUT2D eigenvalue weighted by Gasteiger charge is 2.40. The lowest BCUT2D eigenvalue weighted by atomic mass is 9.89. The Balaban J connectivity index is 1.62. The van der Waals surface area contributed by atoms with E-state index in [-0.39, 0.29) is 17.9 Å². The van der Waals surface area contributed by atoms with Gasteiger partial charge in [-0.2, -0.15) is 0 Å².